The highest BCUT2D eigenvalue weighted by molar-refractivity contribution is 7.15. The van der Waals surface area contributed by atoms with Crippen molar-refractivity contribution >= 4 is 27.9 Å². The summed E-state index contributed by atoms with van der Waals surface area (Å²) in [6.07, 6.45) is 2.10. The predicted molar refractivity (Wildman–Crippen MR) is 113 cm³/mol. The predicted octanol–water partition coefficient (Wildman–Crippen LogP) is 5.09. The van der Waals surface area contributed by atoms with E-state index in [4.69, 9.17) is 4.74 Å². The highest BCUT2D eigenvalue weighted by Crippen LogP contribution is 2.26. The van der Waals surface area contributed by atoms with Gasteiger partial charge in [0.05, 0.1) is 18.7 Å². The summed E-state index contributed by atoms with van der Waals surface area (Å²) in [7, 11) is 0. The number of amides is 1. The Balaban J connectivity index is 1.51. The zero-order valence-corrected chi connectivity index (χ0v) is 16.9. The zero-order valence-electron chi connectivity index (χ0n) is 16.1. The van der Waals surface area contributed by atoms with Crippen molar-refractivity contribution in [1.29, 1.82) is 0 Å². The van der Waals surface area contributed by atoms with E-state index in [2.05, 4.69) is 10.3 Å². The van der Waals surface area contributed by atoms with Crippen molar-refractivity contribution in [2.75, 3.05) is 11.9 Å². The van der Waals surface area contributed by atoms with Crippen LogP contribution in [-0.4, -0.2) is 21.9 Å². The molecule has 0 unspecified atom stereocenters. The van der Waals surface area contributed by atoms with Crippen molar-refractivity contribution in [3.63, 3.8) is 0 Å². The quantitative estimate of drug-likeness (QED) is 0.483. The van der Waals surface area contributed by atoms with E-state index in [1.54, 1.807) is 19.1 Å². The monoisotopic (exact) mass is 409 g/mol. The standard InChI is InChI=1S/C22H20FN3O2S/c1-3-28-18-8-5-15(6-9-18)20-12-26-17(13-29-22(26)25-20)11-21(27)24-16-7-4-14(2)19(23)10-16/h4-10,12-13H,3,11H2,1-2H3,(H,24,27). The van der Waals surface area contributed by atoms with Crippen molar-refractivity contribution < 1.29 is 13.9 Å². The average molecular weight is 409 g/mol. The Kier molecular flexibility index (Phi) is 5.31. The molecule has 0 bridgehead atoms. The van der Waals surface area contributed by atoms with Gasteiger partial charge in [-0.25, -0.2) is 9.37 Å². The van der Waals surface area contributed by atoms with E-state index >= 15 is 0 Å². The van der Waals surface area contributed by atoms with Crippen LogP contribution in [0.5, 0.6) is 5.75 Å². The van der Waals surface area contributed by atoms with Crippen LogP contribution in [0.15, 0.2) is 54.0 Å². The van der Waals surface area contributed by atoms with Crippen LogP contribution in [0.4, 0.5) is 10.1 Å². The van der Waals surface area contributed by atoms with Gasteiger partial charge in [-0.2, -0.15) is 0 Å². The minimum Gasteiger partial charge on any atom is -0.494 e. The summed E-state index contributed by atoms with van der Waals surface area (Å²) in [5.74, 6) is 0.279. The number of rotatable bonds is 6. The maximum Gasteiger partial charge on any atom is 0.230 e. The molecule has 0 aliphatic rings. The maximum absolute atomic E-state index is 13.7. The molecule has 0 spiro atoms. The number of nitrogens with one attached hydrogen (secondary N) is 1. The number of ether oxygens (including phenoxy) is 1. The molecule has 0 saturated heterocycles. The second-order valence-electron chi connectivity index (χ2n) is 6.65. The van der Waals surface area contributed by atoms with Gasteiger partial charge >= 0.3 is 0 Å². The molecule has 0 aliphatic carbocycles. The normalized spacial score (nSPS) is 11.0. The van der Waals surface area contributed by atoms with E-state index in [-0.39, 0.29) is 18.1 Å². The summed E-state index contributed by atoms with van der Waals surface area (Å²) in [4.78, 5) is 17.9. The van der Waals surface area contributed by atoms with Gasteiger partial charge in [0.15, 0.2) is 4.96 Å². The third-order valence-corrected chi connectivity index (χ3v) is 5.43. The number of thiazole rings is 1. The van der Waals surface area contributed by atoms with Gasteiger partial charge in [0.1, 0.15) is 11.6 Å². The van der Waals surface area contributed by atoms with Crippen LogP contribution in [0.2, 0.25) is 0 Å². The molecule has 0 fully saturated rings. The Bertz CT molecular complexity index is 1160. The van der Waals surface area contributed by atoms with Crippen molar-refractivity contribution in [3.05, 3.63) is 71.1 Å². The molecule has 148 valence electrons. The first-order chi connectivity index (χ1) is 14.0. The molecule has 0 saturated carbocycles. The maximum atomic E-state index is 13.7. The number of hydrogen-bond donors (Lipinski definition) is 1. The molecule has 0 aliphatic heterocycles. The summed E-state index contributed by atoms with van der Waals surface area (Å²) < 4.78 is 21.1. The van der Waals surface area contributed by atoms with E-state index in [9.17, 15) is 9.18 Å². The van der Waals surface area contributed by atoms with Gasteiger partial charge in [0.25, 0.3) is 0 Å². The molecular weight excluding hydrogens is 389 g/mol. The number of imidazole rings is 1. The highest BCUT2D eigenvalue weighted by Gasteiger charge is 2.13. The molecule has 5 nitrogen and oxygen atoms in total. The fourth-order valence-electron chi connectivity index (χ4n) is 3.02. The fraction of sp³-hybridized carbons (Fsp3) is 0.182. The van der Waals surface area contributed by atoms with Gasteiger partial charge in [-0.1, -0.05) is 6.07 Å². The summed E-state index contributed by atoms with van der Waals surface area (Å²) >= 11 is 1.48. The molecular formula is C22H20FN3O2S. The number of anilines is 1. The first-order valence-corrected chi connectivity index (χ1v) is 10.2. The van der Waals surface area contributed by atoms with Crippen LogP contribution in [0.3, 0.4) is 0 Å². The molecule has 4 aromatic rings. The fourth-order valence-corrected chi connectivity index (χ4v) is 3.90. The number of halogens is 1. The summed E-state index contributed by atoms with van der Waals surface area (Å²) in [6.45, 7) is 4.26. The van der Waals surface area contributed by atoms with Crippen LogP contribution >= 0.6 is 11.3 Å². The third-order valence-electron chi connectivity index (χ3n) is 4.54. The second-order valence-corrected chi connectivity index (χ2v) is 7.49. The van der Waals surface area contributed by atoms with Gasteiger partial charge in [-0.15, -0.1) is 11.3 Å². The molecule has 2 heterocycles. The Morgan fingerprint density at radius 1 is 1.24 bits per heavy atom. The largest absolute Gasteiger partial charge is 0.494 e. The van der Waals surface area contributed by atoms with Crippen LogP contribution < -0.4 is 10.1 Å². The van der Waals surface area contributed by atoms with Crippen molar-refractivity contribution in [2.24, 2.45) is 0 Å². The highest BCUT2D eigenvalue weighted by atomic mass is 32.1. The minimum absolute atomic E-state index is 0.175. The van der Waals surface area contributed by atoms with Crippen LogP contribution in [0.25, 0.3) is 16.2 Å². The van der Waals surface area contributed by atoms with Crippen molar-refractivity contribution in [1.82, 2.24) is 9.38 Å². The Hall–Kier alpha value is -3.19. The molecule has 2 aromatic carbocycles. The van der Waals surface area contributed by atoms with Crippen molar-refractivity contribution in [3.8, 4) is 17.0 Å². The molecule has 1 amide bonds. The first-order valence-electron chi connectivity index (χ1n) is 9.28. The molecule has 7 heteroatoms. The third kappa shape index (κ3) is 4.14. The lowest BCUT2D eigenvalue weighted by molar-refractivity contribution is -0.115. The van der Waals surface area contributed by atoms with Crippen LogP contribution in [0.1, 0.15) is 18.2 Å². The SMILES string of the molecule is CCOc1ccc(-c2cn3c(CC(=O)Nc4ccc(C)c(F)c4)csc3n2)cc1. The number of hydrogen-bond acceptors (Lipinski definition) is 4. The average Bonchev–Trinajstić information content (AvgIpc) is 3.28. The van der Waals surface area contributed by atoms with Crippen LogP contribution in [-0.2, 0) is 11.2 Å². The number of nitrogens with zero attached hydrogens (tertiary/aromatic N) is 2. The number of carbonyl (C=O) groups is 1. The smallest absolute Gasteiger partial charge is 0.230 e. The lowest BCUT2D eigenvalue weighted by atomic mass is 10.1. The molecule has 0 atom stereocenters. The number of aromatic nitrogens is 2. The number of carbonyl (C=O) groups excluding carboxylic acids is 1. The summed E-state index contributed by atoms with van der Waals surface area (Å²) in [5, 5.41) is 4.66. The van der Waals surface area contributed by atoms with E-state index in [0.717, 1.165) is 27.7 Å². The first kappa shape index (κ1) is 19.1. The van der Waals surface area contributed by atoms with E-state index in [1.807, 2.05) is 47.2 Å². The van der Waals surface area contributed by atoms with E-state index < -0.39 is 0 Å². The number of benzene rings is 2. The molecule has 0 radical (unpaired) electrons. The van der Waals surface area contributed by atoms with Gasteiger partial charge in [0.2, 0.25) is 5.91 Å². The van der Waals surface area contributed by atoms with E-state index in [0.29, 0.717) is 17.9 Å². The number of fused-ring (bicyclic) bond motifs is 1. The topological polar surface area (TPSA) is 55.6 Å². The van der Waals surface area contributed by atoms with Gasteiger partial charge in [-0.3, -0.25) is 9.20 Å². The molecule has 2 aromatic heterocycles. The van der Waals surface area contributed by atoms with Gasteiger partial charge in [0, 0.05) is 28.5 Å². The second kappa shape index (κ2) is 8.05. The van der Waals surface area contributed by atoms with Gasteiger partial charge < -0.3 is 10.1 Å². The molecule has 4 rings (SSSR count). The lowest BCUT2D eigenvalue weighted by Gasteiger charge is -2.06. The molecule has 29 heavy (non-hydrogen) atoms. The minimum atomic E-state index is -0.338. The van der Waals surface area contributed by atoms with Gasteiger partial charge in [-0.05, 0) is 55.8 Å². The lowest BCUT2D eigenvalue weighted by Crippen LogP contribution is -2.15. The van der Waals surface area contributed by atoms with E-state index in [1.165, 1.54) is 17.4 Å². The number of aryl methyl sites for hydroxylation is 1. The molecule has 1 N–H and O–H groups in total. The summed E-state index contributed by atoms with van der Waals surface area (Å²) in [6, 6.07) is 12.4. The zero-order chi connectivity index (χ0) is 20.4. The van der Waals surface area contributed by atoms with Crippen molar-refractivity contribution in [2.45, 2.75) is 20.3 Å². The Morgan fingerprint density at radius 2 is 2.03 bits per heavy atom. The van der Waals surface area contributed by atoms with Crippen LogP contribution in [0, 0.1) is 12.7 Å². The summed E-state index contributed by atoms with van der Waals surface area (Å²) in [5.41, 5.74) is 3.64. The Morgan fingerprint density at radius 3 is 2.76 bits per heavy atom. The Labute approximate surface area is 171 Å².